The summed E-state index contributed by atoms with van der Waals surface area (Å²) in [7, 11) is 0. The van der Waals surface area contributed by atoms with Gasteiger partial charge in [-0.3, -0.25) is 0 Å². The van der Waals surface area contributed by atoms with E-state index in [1.54, 1.807) is 0 Å². The van der Waals surface area contributed by atoms with E-state index in [4.69, 9.17) is 0 Å². The number of rotatable bonds is 8. The molecule has 0 saturated carbocycles. The minimum Gasteiger partial charge on any atom is -0.462 e. The monoisotopic (exact) mass is 374 g/mol. The van der Waals surface area contributed by atoms with E-state index in [2.05, 4.69) is 11.3 Å². The molecule has 0 aromatic carbocycles. The van der Waals surface area contributed by atoms with Gasteiger partial charge >= 0.3 is 29.9 Å². The van der Waals surface area contributed by atoms with Crippen molar-refractivity contribution >= 4 is 5.97 Å². The van der Waals surface area contributed by atoms with E-state index >= 15 is 0 Å². The minimum atomic E-state index is -6.90. The first-order valence-corrected chi connectivity index (χ1v) is 6.41. The molecule has 11 heteroatoms. The van der Waals surface area contributed by atoms with Crippen molar-refractivity contribution in [3.05, 3.63) is 12.7 Å². The van der Waals surface area contributed by atoms with E-state index in [9.17, 15) is 44.3 Å². The second-order valence-electron chi connectivity index (χ2n) is 5.83. The van der Waals surface area contributed by atoms with Crippen LogP contribution in [0.3, 0.4) is 0 Å². The summed E-state index contributed by atoms with van der Waals surface area (Å²) < 4.78 is 119. The van der Waals surface area contributed by atoms with E-state index in [0.29, 0.717) is 0 Å². The maximum atomic E-state index is 13.4. The van der Waals surface area contributed by atoms with Crippen molar-refractivity contribution in [1.29, 1.82) is 0 Å². The lowest BCUT2D eigenvalue weighted by Crippen LogP contribution is -2.60. The number of hydrogen-bond donors (Lipinski definition) is 0. The molecule has 0 aliphatic carbocycles. The van der Waals surface area contributed by atoms with E-state index < -0.39 is 54.8 Å². The van der Waals surface area contributed by atoms with Crippen LogP contribution in [0.2, 0.25) is 0 Å². The third-order valence-electron chi connectivity index (χ3n) is 3.10. The molecule has 0 unspecified atom stereocenters. The molecule has 2 nitrogen and oxygen atoms in total. The summed E-state index contributed by atoms with van der Waals surface area (Å²) >= 11 is 0. The molecule has 0 aromatic heterocycles. The number of carbonyl (C=O) groups is 1. The van der Waals surface area contributed by atoms with Crippen molar-refractivity contribution in [3.8, 4) is 0 Å². The van der Waals surface area contributed by atoms with Gasteiger partial charge in [0.25, 0.3) is 0 Å². The third-order valence-corrected chi connectivity index (χ3v) is 3.10. The van der Waals surface area contributed by atoms with Crippen LogP contribution in [0.25, 0.3) is 0 Å². The second-order valence-corrected chi connectivity index (χ2v) is 5.83. The van der Waals surface area contributed by atoms with Gasteiger partial charge in [-0.05, 0) is 11.8 Å². The van der Waals surface area contributed by atoms with Gasteiger partial charge in [-0.15, -0.1) is 0 Å². The SMILES string of the molecule is C=CC(=O)OCC(C)(C)CCC(F)(F)C(F)(F)C(F)(F)C(F)(F)F. The average molecular weight is 374 g/mol. The first-order chi connectivity index (χ1) is 10.4. The lowest BCUT2D eigenvalue weighted by molar-refractivity contribution is -0.397. The van der Waals surface area contributed by atoms with Crippen LogP contribution in [0.5, 0.6) is 0 Å². The van der Waals surface area contributed by atoms with Crippen LogP contribution >= 0.6 is 0 Å². The Hall–Kier alpha value is -1.42. The van der Waals surface area contributed by atoms with Crippen molar-refractivity contribution in [2.45, 2.75) is 50.6 Å². The number of esters is 1. The minimum absolute atomic E-state index is 0.546. The molecule has 24 heavy (non-hydrogen) atoms. The van der Waals surface area contributed by atoms with Gasteiger partial charge in [0.2, 0.25) is 0 Å². The van der Waals surface area contributed by atoms with Gasteiger partial charge in [0.05, 0.1) is 6.61 Å². The van der Waals surface area contributed by atoms with Gasteiger partial charge in [-0.25, -0.2) is 4.79 Å². The lowest BCUT2D eigenvalue weighted by atomic mass is 9.85. The maximum absolute atomic E-state index is 13.4. The van der Waals surface area contributed by atoms with Crippen LogP contribution in [0, 0.1) is 5.41 Å². The standard InChI is InChI=1S/C13H15F9O2/c1-4-8(23)24-7-9(2,3)5-6-10(14,15)11(16,17)12(18,19)13(20,21)22/h4H,1,5-7H2,2-3H3. The number of ether oxygens (including phenoxy) is 1. The fourth-order valence-electron chi connectivity index (χ4n) is 1.46. The number of halogens is 9. The molecule has 0 aromatic rings. The molecule has 0 radical (unpaired) electrons. The van der Waals surface area contributed by atoms with Crippen molar-refractivity contribution < 1.29 is 49.0 Å². The van der Waals surface area contributed by atoms with Crippen LogP contribution in [0.15, 0.2) is 12.7 Å². The molecule has 0 heterocycles. The summed E-state index contributed by atoms with van der Waals surface area (Å²) in [5, 5.41) is 0. The smallest absolute Gasteiger partial charge is 0.460 e. The summed E-state index contributed by atoms with van der Waals surface area (Å²) in [6, 6.07) is 0. The Bertz CT molecular complexity index is 467. The van der Waals surface area contributed by atoms with E-state index in [-0.39, 0.29) is 0 Å². The summed E-state index contributed by atoms with van der Waals surface area (Å²) in [5.74, 6) is -20.1. The van der Waals surface area contributed by atoms with Crippen LogP contribution in [0.1, 0.15) is 26.7 Å². The highest BCUT2D eigenvalue weighted by molar-refractivity contribution is 5.81. The topological polar surface area (TPSA) is 26.3 Å². The quantitative estimate of drug-likeness (QED) is 0.340. The average Bonchev–Trinajstić information content (AvgIpc) is 2.41. The zero-order valence-electron chi connectivity index (χ0n) is 12.6. The Balaban J connectivity index is 5.14. The molecule has 0 aliphatic rings. The molecule has 142 valence electrons. The lowest BCUT2D eigenvalue weighted by Gasteiger charge is -2.35. The maximum Gasteiger partial charge on any atom is 0.460 e. The van der Waals surface area contributed by atoms with Crippen molar-refractivity contribution in [3.63, 3.8) is 0 Å². The van der Waals surface area contributed by atoms with E-state index in [1.165, 1.54) is 13.8 Å². The van der Waals surface area contributed by atoms with E-state index in [0.717, 1.165) is 6.08 Å². The molecular formula is C13H15F9O2. The highest BCUT2D eigenvalue weighted by Gasteiger charge is 2.81. The zero-order valence-corrected chi connectivity index (χ0v) is 12.6. The largest absolute Gasteiger partial charge is 0.462 e. The molecule has 0 aliphatic heterocycles. The highest BCUT2D eigenvalue weighted by atomic mass is 19.4. The second kappa shape index (κ2) is 6.83. The molecule has 0 rings (SSSR count). The van der Waals surface area contributed by atoms with Crippen LogP contribution < -0.4 is 0 Å². The fourth-order valence-corrected chi connectivity index (χ4v) is 1.46. The summed E-state index contributed by atoms with van der Waals surface area (Å²) in [6.07, 6.45) is -8.98. The van der Waals surface area contributed by atoms with Crippen LogP contribution in [-0.2, 0) is 9.53 Å². The first-order valence-electron chi connectivity index (χ1n) is 6.41. The fraction of sp³-hybridized carbons (Fsp3) is 0.769. The Morgan fingerprint density at radius 3 is 1.75 bits per heavy atom. The Kier molecular flexibility index (Phi) is 6.43. The molecule has 0 saturated heterocycles. The van der Waals surface area contributed by atoms with Gasteiger partial charge in [-0.2, -0.15) is 39.5 Å². The number of alkyl halides is 9. The van der Waals surface area contributed by atoms with Gasteiger partial charge in [0.1, 0.15) is 0 Å². The van der Waals surface area contributed by atoms with Gasteiger partial charge in [-0.1, -0.05) is 20.4 Å². The van der Waals surface area contributed by atoms with E-state index in [1.807, 2.05) is 0 Å². The Labute approximate surface area is 131 Å². The Morgan fingerprint density at radius 2 is 1.38 bits per heavy atom. The molecule has 0 amide bonds. The van der Waals surface area contributed by atoms with Gasteiger partial charge in [0.15, 0.2) is 0 Å². The predicted octanol–water partition coefficient (Wildman–Crippen LogP) is 4.99. The highest BCUT2D eigenvalue weighted by Crippen LogP contribution is 2.54. The molecular weight excluding hydrogens is 359 g/mol. The van der Waals surface area contributed by atoms with Gasteiger partial charge in [0, 0.05) is 12.5 Å². The normalized spacial score (nSPS) is 14.5. The molecule has 0 atom stereocenters. The predicted molar refractivity (Wildman–Crippen MR) is 65.1 cm³/mol. The molecule has 0 N–H and O–H groups in total. The zero-order chi connectivity index (χ0) is 19.6. The van der Waals surface area contributed by atoms with Crippen LogP contribution in [-0.4, -0.2) is 36.5 Å². The summed E-state index contributed by atoms with van der Waals surface area (Å²) in [5.41, 5.74) is -1.37. The number of carbonyl (C=O) groups excluding carboxylic acids is 1. The summed E-state index contributed by atoms with van der Waals surface area (Å²) in [6.45, 7) is 4.86. The van der Waals surface area contributed by atoms with Crippen LogP contribution in [0.4, 0.5) is 39.5 Å². The van der Waals surface area contributed by atoms with Crippen molar-refractivity contribution in [2.75, 3.05) is 6.61 Å². The number of hydrogen-bond acceptors (Lipinski definition) is 2. The molecule has 0 fully saturated rings. The molecule has 0 spiro atoms. The van der Waals surface area contributed by atoms with Crippen molar-refractivity contribution in [1.82, 2.24) is 0 Å². The van der Waals surface area contributed by atoms with Crippen molar-refractivity contribution in [2.24, 2.45) is 5.41 Å². The Morgan fingerprint density at radius 1 is 0.917 bits per heavy atom. The third kappa shape index (κ3) is 4.79. The van der Waals surface area contributed by atoms with Gasteiger partial charge < -0.3 is 4.74 Å². The molecule has 0 bridgehead atoms. The first kappa shape index (κ1) is 22.6. The summed E-state index contributed by atoms with van der Waals surface area (Å²) in [4.78, 5) is 10.8.